The molecule has 0 radical (unpaired) electrons. The fourth-order valence-corrected chi connectivity index (χ4v) is 21.6. The molecule has 0 bridgehead atoms. The van der Waals surface area contributed by atoms with E-state index in [1.165, 1.54) is 172 Å². The summed E-state index contributed by atoms with van der Waals surface area (Å²) >= 11 is 3.42. The number of nitrogens with zero attached hydrogens (tertiary/aromatic N) is 7. The zero-order valence-corrected chi connectivity index (χ0v) is 103. The Kier molecular flexibility index (Phi) is 79.5. The third-order valence-electron chi connectivity index (χ3n) is 26.1. The number of rotatable bonds is 31. The maximum Gasteiger partial charge on any atom is 0.0681 e. The normalized spacial score (nSPS) is 14.2. The van der Waals surface area contributed by atoms with Crippen molar-refractivity contribution in [3.63, 3.8) is 0 Å². The molecule has 0 aliphatic heterocycles. The van der Waals surface area contributed by atoms with Gasteiger partial charge in [0.25, 0.3) is 0 Å². The van der Waals surface area contributed by atoms with E-state index in [1.54, 1.807) is 22.7 Å². The molecule has 7 nitrogen and oxygen atoms in total. The molecule has 2 fully saturated rings. The molecule has 4 unspecified atom stereocenters. The molecule has 2 aliphatic carbocycles. The molecule has 4 atom stereocenters. The first-order valence-corrected chi connectivity index (χ1v) is 59.0. The van der Waals surface area contributed by atoms with Crippen molar-refractivity contribution in [2.45, 2.75) is 510 Å². The SMILES string of the molecule is C.C.C.CC(C)C.CC(C)CC1CCCC1C(C)C.CC(C)CC1CCCCC1C(C)C.CC(C)Cc1ccccc1C(C)C.CC(C)Cc1cccnc1C(C)C.CC(C)Cc1ccncc1C(C)C.CC(C)Cc1cn(C)nc1C(C)C.CC(C)Cc1cnccc1C(C)C.CC(C)Cc1cscc1C(C)C.CC(C)Cc1csnc1C(C)C.CC(C)Cc1ncccc1C(C)C.Cc1cccc(C(C)C)c1C. The number of thiophene rings is 1. The summed E-state index contributed by atoms with van der Waals surface area (Å²) in [5.74, 6) is 19.8. The molecule has 2 aliphatic rings. The van der Waals surface area contributed by atoms with Crippen molar-refractivity contribution in [3.05, 3.63) is 245 Å². The highest BCUT2D eigenvalue weighted by atomic mass is 32.1. The summed E-state index contributed by atoms with van der Waals surface area (Å²) < 4.78 is 6.33. The molecular weight excluding hydrogens is 1800 g/mol. The van der Waals surface area contributed by atoms with E-state index in [2.05, 4.69) is 444 Å². The highest BCUT2D eigenvalue weighted by Gasteiger charge is 2.31. The van der Waals surface area contributed by atoms with Crippen molar-refractivity contribution in [2.24, 2.45) is 108 Å². The van der Waals surface area contributed by atoms with Crippen LogP contribution in [0.2, 0.25) is 0 Å². The highest BCUT2D eigenvalue weighted by molar-refractivity contribution is 7.08. The molecular formula is C136H239N7S2. The number of pyridine rings is 4. The summed E-state index contributed by atoms with van der Waals surface area (Å²) in [4.78, 5) is 17.2. The van der Waals surface area contributed by atoms with Gasteiger partial charge < -0.3 is 0 Å². The molecule has 2 aromatic carbocycles. The van der Waals surface area contributed by atoms with Gasteiger partial charge in [-0.05, 0) is 375 Å². The van der Waals surface area contributed by atoms with Crippen molar-refractivity contribution >= 4 is 22.9 Å². The van der Waals surface area contributed by atoms with Gasteiger partial charge in [0.15, 0.2) is 0 Å². The van der Waals surface area contributed by atoms with Gasteiger partial charge in [-0.1, -0.05) is 421 Å². The number of hydrogen-bond donors (Lipinski definition) is 0. The van der Waals surface area contributed by atoms with Crippen molar-refractivity contribution in [2.75, 3.05) is 0 Å². The average molecular weight is 2040 g/mol. The quantitative estimate of drug-likeness (QED) is 0.0431. The monoisotopic (exact) mass is 2030 g/mol. The van der Waals surface area contributed by atoms with Crippen molar-refractivity contribution in [1.82, 2.24) is 34.1 Å². The number of benzene rings is 2. The van der Waals surface area contributed by atoms with Crippen molar-refractivity contribution < 1.29 is 0 Å². The van der Waals surface area contributed by atoms with Crippen LogP contribution in [-0.4, -0.2) is 34.1 Å². The van der Waals surface area contributed by atoms with Crippen molar-refractivity contribution in [1.29, 1.82) is 0 Å². The second-order valence-electron chi connectivity index (χ2n) is 50.2. The zero-order valence-electron chi connectivity index (χ0n) is 102. The minimum atomic E-state index is 0. The Morgan fingerprint density at radius 2 is 0.676 bits per heavy atom. The Balaban J connectivity index is -0.000000750. The molecule has 9 aromatic rings. The smallest absolute Gasteiger partial charge is 0.0681 e. The van der Waals surface area contributed by atoms with Gasteiger partial charge in [0, 0.05) is 67.2 Å². The number of aromatic nitrogens is 7. The van der Waals surface area contributed by atoms with Crippen molar-refractivity contribution in [3.8, 4) is 0 Å². The van der Waals surface area contributed by atoms with Gasteiger partial charge in [0.2, 0.25) is 0 Å². The van der Waals surface area contributed by atoms with Crippen LogP contribution in [-0.2, 0) is 58.4 Å². The highest BCUT2D eigenvalue weighted by Crippen LogP contribution is 2.42. The molecule has 2 saturated carbocycles. The van der Waals surface area contributed by atoms with E-state index in [4.69, 9.17) is 0 Å². The topological polar surface area (TPSA) is 82.3 Å². The zero-order chi connectivity index (χ0) is 108. The van der Waals surface area contributed by atoms with Crippen LogP contribution < -0.4 is 0 Å². The standard InChI is InChI=1S/C13H26.C13H20.4C12H19N.C12H24.C11H20N2.C11H18S.C11H16.C10H17NS.C4H10.3CH4/c2*1-10(2)9-12-7-5-6-8-13(12)11(3)4;1-9(2)7-11-8-13-6-5-12(11)10(3)4;1-9(2)7-11-5-6-13-8-12(11)10(3)4;1-9(2)8-12-11(10(3)4)6-5-7-13-12;1-9(2)8-11-6-5-7-13-12(11)10(3)4;1-9(2)8-11-6-5-7-12(11)10(3)4;1-8(2)6-10-7-13(5)12-11(10)9(3)4;1-8(2)5-10-6-12-7-11(10)9(3)4;1-8(2)11-7-5-6-9(3)10(11)4;1-7(2)5-9-6-12-11-10(9)8(3)4;1-4(2)3;;;/h10-13H,5-9H2,1-4H3;5-8,10-11H,9H2,1-4H3;2*5-6,8-10H,7H2,1-4H3;2*5-7,9-10H,8H2,1-4H3;9-12H,5-8H2,1-4H3;7-9H,6H2,1-5H3;6-9H,5H2,1-4H3;5-8H,1-4H3;6-8H,5H2,1-4H3;4H,1-3H3;3*1H4. The first-order chi connectivity index (χ1) is 66.3. The van der Waals surface area contributed by atoms with E-state index in [0.29, 0.717) is 76.9 Å². The van der Waals surface area contributed by atoms with Gasteiger partial charge >= 0.3 is 0 Å². The Morgan fingerprint density at radius 1 is 0.297 bits per heavy atom. The maximum absolute atomic E-state index is 4.48. The Morgan fingerprint density at radius 3 is 1.14 bits per heavy atom. The number of aryl methyl sites for hydroxylation is 2. The van der Waals surface area contributed by atoms with E-state index in [9.17, 15) is 0 Å². The predicted octanol–water partition coefficient (Wildman–Crippen LogP) is 43.5. The first-order valence-electron chi connectivity index (χ1n) is 57.2. The second kappa shape index (κ2) is 79.6. The van der Waals surface area contributed by atoms with Gasteiger partial charge in [0.05, 0.1) is 11.4 Å². The second-order valence-corrected chi connectivity index (χ2v) is 51.6. The summed E-state index contributed by atoms with van der Waals surface area (Å²) in [7, 11) is 2.00. The van der Waals surface area contributed by atoms with Gasteiger partial charge in [-0.3, -0.25) is 24.6 Å². The van der Waals surface area contributed by atoms with Gasteiger partial charge in [-0.15, -0.1) is 0 Å². The Bertz CT molecular complexity index is 4200. The molecule has 0 N–H and O–H groups in total. The summed E-state index contributed by atoms with van der Waals surface area (Å²) in [5, 5.41) is 11.3. The molecule has 7 aromatic heterocycles. The van der Waals surface area contributed by atoms with E-state index >= 15 is 0 Å². The lowest BCUT2D eigenvalue weighted by atomic mass is 9.71. The largest absolute Gasteiger partial charge is 0.275 e. The van der Waals surface area contributed by atoms with E-state index in [0.717, 1.165) is 109 Å². The van der Waals surface area contributed by atoms with Crippen LogP contribution in [0, 0.1) is 114 Å². The fraction of sp³-hybridized carbons (Fsp3) is 0.691. The molecule has 0 amide bonds. The summed E-state index contributed by atoms with van der Waals surface area (Å²) in [5.41, 5.74) is 26.9. The third kappa shape index (κ3) is 63.5. The summed E-state index contributed by atoms with van der Waals surface area (Å²) in [6, 6.07) is 28.0. The third-order valence-corrected chi connectivity index (χ3v) is 27.6. The maximum atomic E-state index is 4.48. The minimum absolute atomic E-state index is 0. The van der Waals surface area contributed by atoms with Crippen LogP contribution in [0.3, 0.4) is 0 Å². The first kappa shape index (κ1) is 145. The van der Waals surface area contributed by atoms with Crippen LogP contribution in [0.1, 0.15) is 551 Å². The van der Waals surface area contributed by atoms with Crippen LogP contribution in [0.5, 0.6) is 0 Å². The van der Waals surface area contributed by atoms with Crippen LogP contribution >= 0.6 is 22.9 Å². The Hall–Kier alpha value is -6.42. The molecule has 830 valence electrons. The van der Waals surface area contributed by atoms with E-state index in [1.807, 2.05) is 72.4 Å². The van der Waals surface area contributed by atoms with Gasteiger partial charge in [0.1, 0.15) is 0 Å². The molecule has 145 heavy (non-hydrogen) atoms. The molecule has 0 saturated heterocycles. The lowest BCUT2D eigenvalue weighted by Crippen LogP contribution is -2.25. The summed E-state index contributed by atoms with van der Waals surface area (Å²) in [6.07, 6.45) is 36.4. The molecule has 7 heterocycles. The lowest BCUT2D eigenvalue weighted by molar-refractivity contribution is 0.156. The van der Waals surface area contributed by atoms with Crippen LogP contribution in [0.25, 0.3) is 0 Å². The lowest BCUT2D eigenvalue weighted by Gasteiger charge is -2.35. The molecule has 0 spiro atoms. The van der Waals surface area contributed by atoms with E-state index in [-0.39, 0.29) is 22.3 Å². The predicted molar refractivity (Wildman–Crippen MR) is 660 cm³/mol. The molecule has 9 heteroatoms. The minimum Gasteiger partial charge on any atom is -0.275 e. The van der Waals surface area contributed by atoms with Crippen LogP contribution in [0.15, 0.2) is 138 Å². The Labute approximate surface area is 912 Å². The van der Waals surface area contributed by atoms with Crippen LogP contribution in [0.4, 0.5) is 0 Å². The van der Waals surface area contributed by atoms with Gasteiger partial charge in [-0.2, -0.15) is 20.8 Å². The molecule has 11 rings (SSSR count). The fourth-order valence-electron chi connectivity index (χ4n) is 19.7. The van der Waals surface area contributed by atoms with Gasteiger partial charge in [-0.25, -0.2) is 0 Å². The average Bonchev–Trinajstić information content (AvgIpc) is 1.71. The van der Waals surface area contributed by atoms with E-state index < -0.39 is 0 Å². The summed E-state index contributed by atoms with van der Waals surface area (Å²) in [6.45, 7) is 106. The number of hydrogen-bond acceptors (Lipinski definition) is 8.